The molecule has 25 heavy (non-hydrogen) atoms. The third-order valence-electron chi connectivity index (χ3n) is 4.07. The fourth-order valence-corrected chi connectivity index (χ4v) is 2.74. The van der Waals surface area contributed by atoms with E-state index in [2.05, 4.69) is 15.3 Å². The standard InChI is InChI=1S/C18H20ClN5O/c1-4-24-11-14(12(2)22-24)10-23(3)18(25)17-9-16(20-21-17)13-5-7-15(19)8-6-13/h5-9,11H,4,10H2,1-3H3,(H,20,21). The van der Waals surface area contributed by atoms with Crippen molar-refractivity contribution in [3.05, 3.63) is 58.5 Å². The van der Waals surface area contributed by atoms with Gasteiger partial charge in [-0.3, -0.25) is 14.6 Å². The molecule has 0 radical (unpaired) electrons. The molecule has 7 heteroatoms. The number of nitrogens with zero attached hydrogens (tertiary/aromatic N) is 4. The zero-order chi connectivity index (χ0) is 18.0. The van der Waals surface area contributed by atoms with Crippen molar-refractivity contribution < 1.29 is 4.79 Å². The summed E-state index contributed by atoms with van der Waals surface area (Å²) in [5.74, 6) is -0.114. The maximum atomic E-state index is 12.6. The number of benzene rings is 1. The van der Waals surface area contributed by atoms with Crippen molar-refractivity contribution in [2.75, 3.05) is 7.05 Å². The smallest absolute Gasteiger partial charge is 0.271 e. The Labute approximate surface area is 151 Å². The van der Waals surface area contributed by atoms with Gasteiger partial charge in [-0.25, -0.2) is 0 Å². The van der Waals surface area contributed by atoms with Gasteiger partial charge in [-0.05, 0) is 32.0 Å². The van der Waals surface area contributed by atoms with Crippen molar-refractivity contribution in [2.45, 2.75) is 26.9 Å². The predicted molar refractivity (Wildman–Crippen MR) is 97.5 cm³/mol. The van der Waals surface area contributed by atoms with E-state index < -0.39 is 0 Å². The van der Waals surface area contributed by atoms with Crippen LogP contribution in [0, 0.1) is 6.92 Å². The molecule has 0 spiro atoms. The van der Waals surface area contributed by atoms with Crippen LogP contribution in [0.5, 0.6) is 0 Å². The molecule has 0 bridgehead atoms. The minimum Gasteiger partial charge on any atom is -0.336 e. The SMILES string of the molecule is CCn1cc(CN(C)C(=O)c2cc(-c3ccc(Cl)cc3)n[nH]2)c(C)n1. The fraction of sp³-hybridized carbons (Fsp3) is 0.278. The quantitative estimate of drug-likeness (QED) is 0.759. The number of H-pyrrole nitrogens is 1. The first-order chi connectivity index (χ1) is 12.0. The van der Waals surface area contributed by atoms with E-state index in [-0.39, 0.29) is 5.91 Å². The molecule has 6 nitrogen and oxygen atoms in total. The molecular weight excluding hydrogens is 338 g/mol. The van der Waals surface area contributed by atoms with E-state index in [1.165, 1.54) is 0 Å². The van der Waals surface area contributed by atoms with Gasteiger partial charge >= 0.3 is 0 Å². The van der Waals surface area contributed by atoms with Gasteiger partial charge in [-0.15, -0.1) is 0 Å². The number of carbonyl (C=O) groups excluding carboxylic acids is 1. The molecule has 1 aromatic carbocycles. The molecule has 3 rings (SSSR count). The summed E-state index contributed by atoms with van der Waals surface area (Å²) in [5.41, 5.74) is 4.04. The summed E-state index contributed by atoms with van der Waals surface area (Å²) in [4.78, 5) is 14.3. The van der Waals surface area contributed by atoms with Gasteiger partial charge in [-0.1, -0.05) is 23.7 Å². The summed E-state index contributed by atoms with van der Waals surface area (Å²) in [5, 5.41) is 12.1. The molecule has 1 N–H and O–H groups in total. The summed E-state index contributed by atoms with van der Waals surface area (Å²) in [6.07, 6.45) is 1.98. The first kappa shape index (κ1) is 17.2. The van der Waals surface area contributed by atoms with E-state index in [0.717, 1.165) is 23.4 Å². The van der Waals surface area contributed by atoms with E-state index in [0.29, 0.717) is 23.0 Å². The number of amides is 1. The van der Waals surface area contributed by atoms with Crippen LogP contribution in [-0.2, 0) is 13.1 Å². The lowest BCUT2D eigenvalue weighted by molar-refractivity contribution is 0.0779. The lowest BCUT2D eigenvalue weighted by Gasteiger charge is -2.15. The summed E-state index contributed by atoms with van der Waals surface area (Å²) < 4.78 is 1.87. The molecule has 0 saturated carbocycles. The van der Waals surface area contributed by atoms with Crippen LogP contribution < -0.4 is 0 Å². The van der Waals surface area contributed by atoms with Crippen molar-refractivity contribution >= 4 is 17.5 Å². The second-order valence-corrected chi connectivity index (χ2v) is 6.37. The molecule has 130 valence electrons. The molecule has 0 unspecified atom stereocenters. The van der Waals surface area contributed by atoms with Crippen LogP contribution in [0.3, 0.4) is 0 Å². The Bertz CT molecular complexity index is 881. The Balaban J connectivity index is 1.74. The van der Waals surface area contributed by atoms with Gasteiger partial charge in [0, 0.05) is 42.5 Å². The number of hydrogen-bond acceptors (Lipinski definition) is 3. The lowest BCUT2D eigenvalue weighted by atomic mass is 10.1. The van der Waals surface area contributed by atoms with Crippen molar-refractivity contribution in [2.24, 2.45) is 0 Å². The summed E-state index contributed by atoms with van der Waals surface area (Å²) in [6.45, 7) is 5.30. The molecule has 0 atom stereocenters. The Morgan fingerprint density at radius 1 is 1.32 bits per heavy atom. The second kappa shape index (κ2) is 7.11. The Hall–Kier alpha value is -2.60. The number of halogens is 1. The number of hydrogen-bond donors (Lipinski definition) is 1. The first-order valence-electron chi connectivity index (χ1n) is 8.07. The van der Waals surface area contributed by atoms with Gasteiger partial charge in [0.1, 0.15) is 5.69 Å². The molecule has 0 saturated heterocycles. The van der Waals surface area contributed by atoms with Crippen LogP contribution in [0.25, 0.3) is 11.3 Å². The van der Waals surface area contributed by atoms with E-state index in [4.69, 9.17) is 11.6 Å². The Morgan fingerprint density at radius 3 is 2.68 bits per heavy atom. The fourth-order valence-electron chi connectivity index (χ4n) is 2.61. The average molecular weight is 358 g/mol. The zero-order valence-electron chi connectivity index (χ0n) is 14.5. The highest BCUT2D eigenvalue weighted by atomic mass is 35.5. The van der Waals surface area contributed by atoms with Gasteiger partial charge in [0.2, 0.25) is 0 Å². The van der Waals surface area contributed by atoms with Gasteiger partial charge in [0.25, 0.3) is 5.91 Å². The number of rotatable bonds is 5. The number of aromatic nitrogens is 4. The van der Waals surface area contributed by atoms with Crippen LogP contribution in [0.15, 0.2) is 36.5 Å². The van der Waals surface area contributed by atoms with Crippen molar-refractivity contribution in [1.29, 1.82) is 0 Å². The molecule has 0 aliphatic rings. The summed E-state index contributed by atoms with van der Waals surface area (Å²) >= 11 is 5.90. The van der Waals surface area contributed by atoms with E-state index in [1.54, 1.807) is 30.1 Å². The molecule has 0 aliphatic heterocycles. The Kier molecular flexibility index (Phi) is 4.90. The van der Waals surface area contributed by atoms with Gasteiger partial charge in [-0.2, -0.15) is 10.2 Å². The van der Waals surface area contributed by atoms with Crippen LogP contribution in [-0.4, -0.2) is 37.8 Å². The summed E-state index contributed by atoms with van der Waals surface area (Å²) in [6, 6.07) is 9.10. The maximum absolute atomic E-state index is 12.6. The monoisotopic (exact) mass is 357 g/mol. The molecule has 1 amide bonds. The largest absolute Gasteiger partial charge is 0.336 e. The normalized spacial score (nSPS) is 10.9. The van der Waals surface area contributed by atoms with Crippen LogP contribution >= 0.6 is 11.6 Å². The van der Waals surface area contributed by atoms with Gasteiger partial charge in [0.05, 0.1) is 11.4 Å². The zero-order valence-corrected chi connectivity index (χ0v) is 15.2. The topological polar surface area (TPSA) is 66.8 Å². The second-order valence-electron chi connectivity index (χ2n) is 5.93. The highest BCUT2D eigenvalue weighted by molar-refractivity contribution is 6.30. The van der Waals surface area contributed by atoms with Crippen molar-refractivity contribution in [1.82, 2.24) is 24.9 Å². The number of aryl methyl sites for hydroxylation is 2. The lowest BCUT2D eigenvalue weighted by Crippen LogP contribution is -2.26. The average Bonchev–Trinajstić information content (AvgIpc) is 3.22. The maximum Gasteiger partial charge on any atom is 0.271 e. The van der Waals surface area contributed by atoms with Crippen LogP contribution in [0.4, 0.5) is 0 Å². The van der Waals surface area contributed by atoms with Crippen molar-refractivity contribution in [3.8, 4) is 11.3 Å². The molecule has 2 aromatic heterocycles. The summed E-state index contributed by atoms with van der Waals surface area (Å²) in [7, 11) is 1.77. The third kappa shape index (κ3) is 3.74. The van der Waals surface area contributed by atoms with Gasteiger partial charge < -0.3 is 4.90 Å². The van der Waals surface area contributed by atoms with Gasteiger partial charge in [0.15, 0.2) is 0 Å². The first-order valence-corrected chi connectivity index (χ1v) is 8.45. The molecule has 2 heterocycles. The minimum atomic E-state index is -0.114. The number of nitrogens with one attached hydrogen (secondary N) is 1. The van der Waals surface area contributed by atoms with Crippen LogP contribution in [0.1, 0.15) is 28.7 Å². The highest BCUT2D eigenvalue weighted by Crippen LogP contribution is 2.21. The molecular formula is C18H20ClN5O. The Morgan fingerprint density at radius 2 is 2.04 bits per heavy atom. The number of aromatic amines is 1. The van der Waals surface area contributed by atoms with Crippen molar-refractivity contribution in [3.63, 3.8) is 0 Å². The van der Waals surface area contributed by atoms with Crippen LogP contribution in [0.2, 0.25) is 5.02 Å². The third-order valence-corrected chi connectivity index (χ3v) is 4.33. The van der Waals surface area contributed by atoms with E-state index >= 15 is 0 Å². The predicted octanol–water partition coefficient (Wildman–Crippen LogP) is 3.53. The molecule has 0 aliphatic carbocycles. The number of carbonyl (C=O) groups is 1. The van der Waals surface area contributed by atoms with E-state index in [9.17, 15) is 4.79 Å². The molecule has 0 fully saturated rings. The highest BCUT2D eigenvalue weighted by Gasteiger charge is 2.17. The van der Waals surface area contributed by atoms with E-state index in [1.807, 2.05) is 36.9 Å². The minimum absolute atomic E-state index is 0.114. The molecule has 3 aromatic rings.